The maximum Gasteiger partial charge on any atom is 0.416 e. The van der Waals surface area contributed by atoms with Crippen LogP contribution in [-0.2, 0) is 9.47 Å². The molecule has 1 atom stereocenters. The first-order valence-electron chi connectivity index (χ1n) is 8.80. The zero-order valence-electron chi connectivity index (χ0n) is 17.6. The normalized spacial score (nSPS) is 12.9. The number of carbonyl (C=O) groups is 3. The molecule has 0 saturated carbocycles. The van der Waals surface area contributed by atoms with E-state index in [-0.39, 0.29) is 16.6 Å². The van der Waals surface area contributed by atoms with Crippen molar-refractivity contribution in [1.29, 1.82) is 0 Å². The number of aryl methyl sites for hydroxylation is 1. The largest absolute Gasteiger partial charge is 0.477 e. The lowest BCUT2D eigenvalue weighted by molar-refractivity contribution is 0.0491. The number of nitrogens with one attached hydrogen (secondary N) is 1. The summed E-state index contributed by atoms with van der Waals surface area (Å²) in [5, 5.41) is 12.1. The predicted octanol–water partition coefficient (Wildman–Crippen LogP) is 3.80. The number of ether oxygens (including phenoxy) is 2. The van der Waals surface area contributed by atoms with E-state index < -0.39 is 35.4 Å². The Kier molecular flexibility index (Phi) is 7.41. The van der Waals surface area contributed by atoms with Crippen molar-refractivity contribution >= 4 is 34.6 Å². The summed E-state index contributed by atoms with van der Waals surface area (Å²) in [5.74, 6) is -1.12. The molecule has 10 heteroatoms. The SMILES string of the molecule is Cc1nc(N(CC(C)NC(=O)OC(C)(C)C)C(=O)OC(C)(C)C)sc1C(=O)O. The van der Waals surface area contributed by atoms with Crippen LogP contribution in [0.1, 0.15) is 63.8 Å². The number of carboxylic acid groups (broad SMARTS) is 1. The fourth-order valence-electron chi connectivity index (χ4n) is 2.07. The highest BCUT2D eigenvalue weighted by molar-refractivity contribution is 7.17. The van der Waals surface area contributed by atoms with E-state index in [0.717, 1.165) is 11.3 Å². The van der Waals surface area contributed by atoms with Crippen LogP contribution in [0.4, 0.5) is 14.7 Å². The molecule has 0 aliphatic rings. The molecule has 28 heavy (non-hydrogen) atoms. The third-order valence-corrected chi connectivity index (χ3v) is 4.21. The molecule has 1 aromatic rings. The Morgan fingerprint density at radius 2 is 1.68 bits per heavy atom. The number of thiazole rings is 1. The van der Waals surface area contributed by atoms with Gasteiger partial charge in [-0.3, -0.25) is 4.90 Å². The summed E-state index contributed by atoms with van der Waals surface area (Å²) in [5.41, 5.74) is -1.11. The summed E-state index contributed by atoms with van der Waals surface area (Å²) in [6.07, 6.45) is -1.30. The van der Waals surface area contributed by atoms with Gasteiger partial charge in [-0.1, -0.05) is 11.3 Å². The fourth-order valence-corrected chi connectivity index (χ4v) is 2.98. The van der Waals surface area contributed by atoms with Crippen LogP contribution in [0.2, 0.25) is 0 Å². The summed E-state index contributed by atoms with van der Waals surface area (Å²) >= 11 is 0.871. The van der Waals surface area contributed by atoms with Crippen LogP contribution in [0.15, 0.2) is 0 Å². The Balaban J connectivity index is 3.04. The van der Waals surface area contributed by atoms with Crippen molar-refractivity contribution in [3.8, 4) is 0 Å². The quantitative estimate of drug-likeness (QED) is 0.751. The lowest BCUT2D eigenvalue weighted by Crippen LogP contribution is -2.47. The number of rotatable bonds is 5. The van der Waals surface area contributed by atoms with E-state index in [1.807, 2.05) is 0 Å². The number of nitrogens with zero attached hydrogens (tertiary/aromatic N) is 2. The number of anilines is 1. The summed E-state index contributed by atoms with van der Waals surface area (Å²) in [6, 6.07) is -0.500. The molecule has 2 N–H and O–H groups in total. The molecule has 1 heterocycles. The topological polar surface area (TPSA) is 118 Å². The Labute approximate surface area is 169 Å². The summed E-state index contributed by atoms with van der Waals surface area (Å²) in [7, 11) is 0. The van der Waals surface area contributed by atoms with Gasteiger partial charge in [-0.15, -0.1) is 0 Å². The van der Waals surface area contributed by atoms with Gasteiger partial charge in [0.1, 0.15) is 16.1 Å². The lowest BCUT2D eigenvalue weighted by atomic mass is 10.2. The number of hydrogen-bond acceptors (Lipinski definition) is 7. The van der Waals surface area contributed by atoms with Gasteiger partial charge in [0.25, 0.3) is 0 Å². The van der Waals surface area contributed by atoms with Crippen LogP contribution in [0.25, 0.3) is 0 Å². The molecule has 0 radical (unpaired) electrons. The first-order chi connectivity index (χ1) is 12.6. The fraction of sp³-hybridized carbons (Fsp3) is 0.667. The predicted molar refractivity (Wildman–Crippen MR) is 106 cm³/mol. The highest BCUT2D eigenvalue weighted by Crippen LogP contribution is 2.27. The molecule has 0 aromatic carbocycles. The van der Waals surface area contributed by atoms with Gasteiger partial charge < -0.3 is 19.9 Å². The zero-order chi connectivity index (χ0) is 21.9. The Hall–Kier alpha value is -2.36. The maximum absolute atomic E-state index is 12.7. The van der Waals surface area contributed by atoms with Crippen LogP contribution in [0.5, 0.6) is 0 Å². The molecule has 1 aromatic heterocycles. The summed E-state index contributed by atoms with van der Waals surface area (Å²) < 4.78 is 10.6. The van der Waals surface area contributed by atoms with Gasteiger partial charge in [0, 0.05) is 6.04 Å². The smallest absolute Gasteiger partial charge is 0.416 e. The number of carboxylic acids is 1. The van der Waals surface area contributed by atoms with Gasteiger partial charge in [-0.2, -0.15) is 0 Å². The van der Waals surface area contributed by atoms with E-state index in [0.29, 0.717) is 5.69 Å². The van der Waals surface area contributed by atoms with Crippen molar-refractivity contribution in [3.63, 3.8) is 0 Å². The highest BCUT2D eigenvalue weighted by Gasteiger charge is 2.29. The van der Waals surface area contributed by atoms with Crippen LogP contribution in [-0.4, -0.2) is 52.0 Å². The minimum absolute atomic E-state index is 0.0279. The average Bonchev–Trinajstić information content (AvgIpc) is 2.82. The van der Waals surface area contributed by atoms with Crippen molar-refractivity contribution in [1.82, 2.24) is 10.3 Å². The monoisotopic (exact) mass is 415 g/mol. The van der Waals surface area contributed by atoms with Crippen molar-refractivity contribution in [2.24, 2.45) is 0 Å². The molecular formula is C18H29N3O6S. The second-order valence-electron chi connectivity index (χ2n) is 8.35. The number of aromatic carboxylic acids is 1. The van der Waals surface area contributed by atoms with Crippen LogP contribution in [0.3, 0.4) is 0 Å². The third-order valence-electron chi connectivity index (χ3n) is 3.04. The van der Waals surface area contributed by atoms with Crippen molar-refractivity contribution in [3.05, 3.63) is 10.6 Å². The van der Waals surface area contributed by atoms with Crippen LogP contribution >= 0.6 is 11.3 Å². The molecule has 0 aliphatic heterocycles. The first kappa shape index (κ1) is 23.7. The van der Waals surface area contributed by atoms with Gasteiger partial charge in [0.2, 0.25) is 0 Å². The van der Waals surface area contributed by atoms with E-state index in [9.17, 15) is 19.5 Å². The molecule has 9 nitrogen and oxygen atoms in total. The summed E-state index contributed by atoms with van der Waals surface area (Å²) in [6.45, 7) is 13.7. The highest BCUT2D eigenvalue weighted by atomic mass is 32.1. The van der Waals surface area contributed by atoms with E-state index >= 15 is 0 Å². The molecular weight excluding hydrogens is 386 g/mol. The second-order valence-corrected chi connectivity index (χ2v) is 9.33. The van der Waals surface area contributed by atoms with E-state index in [1.54, 1.807) is 55.4 Å². The Morgan fingerprint density at radius 3 is 2.11 bits per heavy atom. The zero-order valence-corrected chi connectivity index (χ0v) is 18.4. The van der Waals surface area contributed by atoms with Crippen molar-refractivity contribution in [2.75, 3.05) is 11.4 Å². The Morgan fingerprint density at radius 1 is 1.14 bits per heavy atom. The molecule has 1 rings (SSSR count). The van der Waals surface area contributed by atoms with Gasteiger partial charge >= 0.3 is 18.2 Å². The summed E-state index contributed by atoms with van der Waals surface area (Å²) in [4.78, 5) is 41.4. The minimum Gasteiger partial charge on any atom is -0.477 e. The second kappa shape index (κ2) is 8.76. The standard InChI is InChI=1S/C18H29N3O6S/c1-10(19-15(24)26-17(3,4)5)9-21(16(25)27-18(6,7)8)14-20-11(2)12(28-14)13(22)23/h10H,9H2,1-8H3,(H,19,24)(H,22,23). The van der Waals surface area contributed by atoms with E-state index in [4.69, 9.17) is 9.47 Å². The Bertz CT molecular complexity index is 733. The van der Waals surface area contributed by atoms with Gasteiger partial charge in [-0.25, -0.2) is 19.4 Å². The van der Waals surface area contributed by atoms with Gasteiger partial charge in [0.05, 0.1) is 12.2 Å². The maximum atomic E-state index is 12.7. The minimum atomic E-state index is -1.12. The van der Waals surface area contributed by atoms with Gasteiger partial charge in [0.15, 0.2) is 5.13 Å². The molecule has 0 saturated heterocycles. The molecule has 0 spiro atoms. The van der Waals surface area contributed by atoms with E-state index in [2.05, 4.69) is 10.3 Å². The molecule has 158 valence electrons. The number of aromatic nitrogens is 1. The lowest BCUT2D eigenvalue weighted by Gasteiger charge is -2.28. The van der Waals surface area contributed by atoms with Crippen molar-refractivity contribution < 1.29 is 29.0 Å². The number of carbonyl (C=O) groups excluding carboxylic acids is 2. The number of hydrogen-bond donors (Lipinski definition) is 2. The molecule has 0 bridgehead atoms. The number of amides is 2. The molecule has 2 amide bonds. The van der Waals surface area contributed by atoms with Crippen LogP contribution in [0, 0.1) is 6.92 Å². The molecule has 0 fully saturated rings. The average molecular weight is 416 g/mol. The third kappa shape index (κ3) is 7.71. The first-order valence-corrected chi connectivity index (χ1v) is 9.61. The molecule has 1 unspecified atom stereocenters. The van der Waals surface area contributed by atoms with E-state index in [1.165, 1.54) is 4.90 Å². The number of alkyl carbamates (subject to hydrolysis) is 1. The molecule has 0 aliphatic carbocycles. The van der Waals surface area contributed by atoms with Crippen LogP contribution < -0.4 is 10.2 Å². The van der Waals surface area contributed by atoms with Crippen molar-refractivity contribution in [2.45, 2.75) is 72.6 Å². The van der Waals surface area contributed by atoms with Gasteiger partial charge in [-0.05, 0) is 55.4 Å².